The van der Waals surface area contributed by atoms with Crippen molar-refractivity contribution in [1.82, 2.24) is 0 Å². The quantitative estimate of drug-likeness (QED) is 0.424. The van der Waals surface area contributed by atoms with Crippen LogP contribution in [0.1, 0.15) is 22.7 Å². The number of ether oxygens (including phenoxy) is 1. The summed E-state index contributed by atoms with van der Waals surface area (Å²) in [5.41, 5.74) is 0.0640. The molecule has 0 unspecified atom stereocenters. The molecule has 0 N–H and O–H groups in total. The van der Waals surface area contributed by atoms with Gasteiger partial charge < -0.3 is 0 Å². The van der Waals surface area contributed by atoms with Crippen molar-refractivity contribution in [2.45, 2.75) is 13.8 Å². The van der Waals surface area contributed by atoms with Crippen molar-refractivity contribution < 1.29 is 13.5 Å². The molecule has 1 rings (SSSR count). The molecule has 0 aromatic carbocycles. The molecule has 0 fully saturated rings. The van der Waals surface area contributed by atoms with Gasteiger partial charge in [0.05, 0.1) is 0 Å². The van der Waals surface area contributed by atoms with Crippen LogP contribution in [0.3, 0.4) is 0 Å². The fourth-order valence-corrected chi connectivity index (χ4v) is 3.35. The Morgan fingerprint density at radius 3 is 2.58 bits per heavy atom. The molecule has 0 atom stereocenters. The zero-order valence-corrected chi connectivity index (χ0v) is 12.7. The standard InChI is InChI=1S/C15H16F2OSe/c1-5-7-12-8-9-13(19-12)10(3)14(16)15(17)11(4)18-6-2/h5,7-9H,3-4,6H2,1-2H3/b7-5+,15-14-. The van der Waals surface area contributed by atoms with Gasteiger partial charge in [-0.05, 0) is 0 Å². The second-order valence-corrected chi connectivity index (χ2v) is 6.00. The van der Waals surface area contributed by atoms with Crippen molar-refractivity contribution in [3.8, 4) is 0 Å². The van der Waals surface area contributed by atoms with E-state index in [1.165, 1.54) is 0 Å². The monoisotopic (exact) mass is 330 g/mol. The zero-order chi connectivity index (χ0) is 14.4. The molecule has 19 heavy (non-hydrogen) atoms. The van der Waals surface area contributed by atoms with Crippen LogP contribution >= 0.6 is 0 Å². The Balaban J connectivity index is 2.97. The maximum absolute atomic E-state index is 13.9. The molecular weight excluding hydrogens is 313 g/mol. The third-order valence-electron chi connectivity index (χ3n) is 2.28. The van der Waals surface area contributed by atoms with Crippen LogP contribution in [0.4, 0.5) is 8.78 Å². The summed E-state index contributed by atoms with van der Waals surface area (Å²) in [6.07, 6.45) is 3.87. The molecule has 1 heterocycles. The van der Waals surface area contributed by atoms with E-state index in [1.807, 2.05) is 25.1 Å². The van der Waals surface area contributed by atoms with E-state index in [4.69, 9.17) is 4.74 Å². The summed E-state index contributed by atoms with van der Waals surface area (Å²) in [7, 11) is 0. The van der Waals surface area contributed by atoms with Gasteiger partial charge in [0.15, 0.2) is 0 Å². The van der Waals surface area contributed by atoms with E-state index in [-0.39, 0.29) is 32.4 Å². The van der Waals surface area contributed by atoms with Crippen molar-refractivity contribution in [2.24, 2.45) is 0 Å². The third-order valence-corrected chi connectivity index (χ3v) is 4.61. The average Bonchev–Trinajstić information content (AvgIpc) is 2.85. The van der Waals surface area contributed by atoms with Gasteiger partial charge in [0.25, 0.3) is 0 Å². The summed E-state index contributed by atoms with van der Waals surface area (Å²) < 4.78 is 34.3. The van der Waals surface area contributed by atoms with Gasteiger partial charge in [0.1, 0.15) is 0 Å². The van der Waals surface area contributed by atoms with E-state index in [0.717, 1.165) is 8.87 Å². The summed E-state index contributed by atoms with van der Waals surface area (Å²) in [4.78, 5) is 0. The molecule has 0 aliphatic rings. The molecule has 0 saturated carbocycles. The fraction of sp³-hybridized carbons (Fsp3) is 0.200. The Bertz CT molecular complexity index is 538. The molecule has 0 aliphatic carbocycles. The van der Waals surface area contributed by atoms with Crippen molar-refractivity contribution in [1.29, 1.82) is 0 Å². The molecule has 1 nitrogen and oxygen atoms in total. The Labute approximate surface area is 118 Å². The number of rotatable bonds is 6. The van der Waals surface area contributed by atoms with Crippen LogP contribution in [0.25, 0.3) is 11.6 Å². The third kappa shape index (κ3) is 4.05. The Kier molecular flexibility index (Phi) is 6.00. The molecule has 0 aliphatic heterocycles. The number of hydrogen-bond donors (Lipinski definition) is 0. The van der Waals surface area contributed by atoms with E-state index >= 15 is 0 Å². The van der Waals surface area contributed by atoms with Gasteiger partial charge in [-0.3, -0.25) is 0 Å². The second-order valence-electron chi connectivity index (χ2n) is 3.66. The summed E-state index contributed by atoms with van der Waals surface area (Å²) in [6.45, 7) is 10.8. The first-order valence-electron chi connectivity index (χ1n) is 5.80. The number of allylic oxidation sites excluding steroid dienone is 4. The van der Waals surface area contributed by atoms with Gasteiger partial charge in [0, 0.05) is 0 Å². The van der Waals surface area contributed by atoms with E-state index < -0.39 is 11.7 Å². The molecule has 4 heteroatoms. The first kappa shape index (κ1) is 15.7. The van der Waals surface area contributed by atoms with Gasteiger partial charge in [-0.15, -0.1) is 0 Å². The molecule has 102 valence electrons. The van der Waals surface area contributed by atoms with Gasteiger partial charge >= 0.3 is 118 Å². The summed E-state index contributed by atoms with van der Waals surface area (Å²) in [6, 6.07) is 3.66. The molecule has 0 spiro atoms. The SMILES string of the molecule is C=C(OCC)/C(F)=C(/F)C(=C)c1ccc(/C=C/C)[se]1. The van der Waals surface area contributed by atoms with Crippen LogP contribution in [0, 0.1) is 0 Å². The van der Waals surface area contributed by atoms with Crippen molar-refractivity contribution in [3.05, 3.63) is 57.7 Å². The maximum atomic E-state index is 13.9. The molecule has 0 bridgehead atoms. The van der Waals surface area contributed by atoms with Gasteiger partial charge in [-0.2, -0.15) is 0 Å². The summed E-state index contributed by atoms with van der Waals surface area (Å²) >= 11 is -0.0475. The molecular formula is C15H16F2OSe. The van der Waals surface area contributed by atoms with Crippen molar-refractivity contribution >= 4 is 26.2 Å². The van der Waals surface area contributed by atoms with Crippen molar-refractivity contribution in [2.75, 3.05) is 6.61 Å². The van der Waals surface area contributed by atoms with Crippen molar-refractivity contribution in [3.63, 3.8) is 0 Å². The van der Waals surface area contributed by atoms with Crippen LogP contribution < -0.4 is 0 Å². The minimum absolute atomic E-state index is 0.0475. The second kappa shape index (κ2) is 7.27. The Hall–Kier alpha value is -1.38. The topological polar surface area (TPSA) is 9.23 Å². The molecule has 0 amide bonds. The zero-order valence-electron chi connectivity index (χ0n) is 11.0. The summed E-state index contributed by atoms with van der Waals surface area (Å²) in [5, 5.41) is 0. The first-order chi connectivity index (χ1) is 9.01. The molecule has 1 aromatic rings. The number of hydrogen-bond acceptors (Lipinski definition) is 1. The van der Waals surface area contributed by atoms with Crippen LogP contribution in [0.2, 0.25) is 0 Å². The van der Waals surface area contributed by atoms with Gasteiger partial charge in [-0.1, -0.05) is 0 Å². The van der Waals surface area contributed by atoms with Crippen LogP contribution in [-0.4, -0.2) is 21.1 Å². The van der Waals surface area contributed by atoms with E-state index in [2.05, 4.69) is 13.2 Å². The van der Waals surface area contributed by atoms with Crippen LogP contribution in [-0.2, 0) is 4.74 Å². The predicted octanol–water partition coefficient (Wildman–Crippen LogP) is 4.49. The van der Waals surface area contributed by atoms with E-state index in [0.29, 0.717) is 0 Å². The normalized spacial score (nSPS) is 12.4. The minimum atomic E-state index is -1.08. The van der Waals surface area contributed by atoms with Gasteiger partial charge in [0.2, 0.25) is 0 Å². The summed E-state index contributed by atoms with van der Waals surface area (Å²) in [5.74, 6) is -2.38. The van der Waals surface area contributed by atoms with Crippen LogP contribution in [0.5, 0.6) is 0 Å². The van der Waals surface area contributed by atoms with E-state index in [9.17, 15) is 8.78 Å². The Morgan fingerprint density at radius 2 is 2.00 bits per heavy atom. The number of halogens is 2. The fourth-order valence-electron chi connectivity index (χ4n) is 1.37. The molecule has 1 aromatic heterocycles. The first-order valence-corrected chi connectivity index (χ1v) is 7.52. The molecule has 0 radical (unpaired) electrons. The predicted molar refractivity (Wildman–Crippen MR) is 77.1 cm³/mol. The van der Waals surface area contributed by atoms with Gasteiger partial charge in [-0.25, -0.2) is 0 Å². The van der Waals surface area contributed by atoms with E-state index in [1.54, 1.807) is 13.0 Å². The average molecular weight is 329 g/mol. The Morgan fingerprint density at radius 1 is 1.32 bits per heavy atom. The molecule has 0 saturated heterocycles. The van der Waals surface area contributed by atoms with Crippen LogP contribution in [0.15, 0.2) is 48.8 Å².